The van der Waals surface area contributed by atoms with Crippen LogP contribution in [-0.2, 0) is 4.79 Å². The van der Waals surface area contributed by atoms with Crippen molar-refractivity contribution in [3.05, 3.63) is 0 Å². The largest absolute Gasteiger partial charge is 0.353 e. The van der Waals surface area contributed by atoms with Crippen LogP contribution in [0.5, 0.6) is 0 Å². The second-order valence-corrected chi connectivity index (χ2v) is 4.39. The first-order valence-corrected chi connectivity index (χ1v) is 5.11. The average Bonchev–Trinajstić information content (AvgIpc) is 2.01. The van der Waals surface area contributed by atoms with Crippen molar-refractivity contribution in [1.29, 1.82) is 0 Å². The molecule has 1 aliphatic carbocycles. The average molecular weight is 184 g/mol. The highest BCUT2D eigenvalue weighted by Crippen LogP contribution is 2.26. The first-order valence-electron chi connectivity index (χ1n) is 5.11. The molecule has 0 aromatic carbocycles. The van der Waals surface area contributed by atoms with Gasteiger partial charge in [0.05, 0.1) is 0 Å². The number of amides is 1. The first-order chi connectivity index (χ1) is 6.11. The van der Waals surface area contributed by atoms with E-state index in [-0.39, 0.29) is 5.91 Å². The van der Waals surface area contributed by atoms with Crippen molar-refractivity contribution in [2.45, 2.75) is 39.2 Å². The van der Waals surface area contributed by atoms with Crippen LogP contribution in [0.3, 0.4) is 0 Å². The molecule has 3 N–H and O–H groups in total. The van der Waals surface area contributed by atoms with Crippen LogP contribution >= 0.6 is 0 Å². The zero-order chi connectivity index (χ0) is 9.84. The fraction of sp³-hybridized carbons (Fsp3) is 0.900. The molecular weight excluding hydrogens is 164 g/mol. The molecule has 0 heterocycles. The minimum Gasteiger partial charge on any atom is -0.353 e. The lowest BCUT2D eigenvalue weighted by Crippen LogP contribution is -2.44. The summed E-state index contributed by atoms with van der Waals surface area (Å²) in [4.78, 5) is 11.4. The van der Waals surface area contributed by atoms with Crippen molar-refractivity contribution < 1.29 is 4.79 Å². The van der Waals surface area contributed by atoms with Crippen LogP contribution in [0.4, 0.5) is 0 Å². The van der Waals surface area contributed by atoms with Crippen LogP contribution in [0.2, 0.25) is 0 Å². The zero-order valence-electron chi connectivity index (χ0n) is 8.55. The van der Waals surface area contributed by atoms with Crippen molar-refractivity contribution in [3.8, 4) is 0 Å². The summed E-state index contributed by atoms with van der Waals surface area (Å²) in [6, 6.07) is 0.437. The maximum absolute atomic E-state index is 11.4. The summed E-state index contributed by atoms with van der Waals surface area (Å²) >= 11 is 0. The van der Waals surface area contributed by atoms with Gasteiger partial charge in [0.15, 0.2) is 0 Å². The molecule has 3 nitrogen and oxygen atoms in total. The highest BCUT2D eigenvalue weighted by molar-refractivity contribution is 5.76. The third-order valence-corrected chi connectivity index (χ3v) is 2.68. The summed E-state index contributed by atoms with van der Waals surface area (Å²) in [5, 5.41) is 3.02. The molecule has 3 heteroatoms. The van der Waals surface area contributed by atoms with E-state index in [0.29, 0.717) is 24.9 Å². The lowest BCUT2D eigenvalue weighted by molar-refractivity contribution is -0.123. The molecule has 1 aliphatic rings. The Bertz CT molecular complexity index is 176. The van der Waals surface area contributed by atoms with Gasteiger partial charge in [-0.25, -0.2) is 0 Å². The van der Waals surface area contributed by atoms with Crippen LogP contribution in [0.25, 0.3) is 0 Å². The molecule has 0 radical (unpaired) electrons. The third-order valence-electron chi connectivity index (χ3n) is 2.68. The number of nitrogens with two attached hydrogens (primary N) is 1. The van der Waals surface area contributed by atoms with Crippen LogP contribution in [0.15, 0.2) is 0 Å². The second-order valence-electron chi connectivity index (χ2n) is 4.39. The number of carbonyl (C=O) groups excluding carboxylic acids is 1. The Morgan fingerprint density at radius 3 is 2.69 bits per heavy atom. The standard InChI is InChI=1S/C10H20N2O/c1-7-3-9(4-7)12-10(13)5-8(2)6-11/h7-9H,3-6,11H2,1-2H3,(H,12,13). The van der Waals surface area contributed by atoms with Gasteiger partial charge in [-0.2, -0.15) is 0 Å². The SMILES string of the molecule is CC(CN)CC(=O)NC1CC(C)C1. The Morgan fingerprint density at radius 2 is 2.23 bits per heavy atom. The highest BCUT2D eigenvalue weighted by Gasteiger charge is 2.26. The molecule has 1 saturated carbocycles. The van der Waals surface area contributed by atoms with E-state index in [1.54, 1.807) is 0 Å². The lowest BCUT2D eigenvalue weighted by atomic mass is 9.82. The quantitative estimate of drug-likeness (QED) is 0.681. The smallest absolute Gasteiger partial charge is 0.220 e. The summed E-state index contributed by atoms with van der Waals surface area (Å²) in [5.41, 5.74) is 5.44. The lowest BCUT2D eigenvalue weighted by Gasteiger charge is -2.33. The molecule has 1 rings (SSSR count). The minimum absolute atomic E-state index is 0.162. The number of rotatable bonds is 4. The fourth-order valence-electron chi connectivity index (χ4n) is 1.71. The Hall–Kier alpha value is -0.570. The maximum Gasteiger partial charge on any atom is 0.220 e. The number of nitrogens with one attached hydrogen (secondary N) is 1. The van der Waals surface area contributed by atoms with Gasteiger partial charge < -0.3 is 11.1 Å². The van der Waals surface area contributed by atoms with Crippen molar-refractivity contribution >= 4 is 5.91 Å². The molecule has 76 valence electrons. The van der Waals surface area contributed by atoms with E-state index in [2.05, 4.69) is 12.2 Å². The van der Waals surface area contributed by atoms with E-state index in [1.807, 2.05) is 6.92 Å². The van der Waals surface area contributed by atoms with Crippen LogP contribution in [-0.4, -0.2) is 18.5 Å². The Morgan fingerprint density at radius 1 is 1.62 bits per heavy atom. The van der Waals surface area contributed by atoms with Gasteiger partial charge in [0.2, 0.25) is 5.91 Å². The van der Waals surface area contributed by atoms with Crippen molar-refractivity contribution in [1.82, 2.24) is 5.32 Å². The van der Waals surface area contributed by atoms with Crippen LogP contribution in [0, 0.1) is 11.8 Å². The van der Waals surface area contributed by atoms with Gasteiger partial charge in [-0.05, 0) is 31.2 Å². The van der Waals surface area contributed by atoms with E-state index in [0.717, 1.165) is 18.8 Å². The van der Waals surface area contributed by atoms with Crippen LogP contribution < -0.4 is 11.1 Å². The first kappa shape index (κ1) is 10.5. The minimum atomic E-state index is 0.162. The van der Waals surface area contributed by atoms with E-state index >= 15 is 0 Å². The molecule has 0 saturated heterocycles. The summed E-state index contributed by atoms with van der Waals surface area (Å²) in [7, 11) is 0. The normalized spacial score (nSPS) is 29.2. The van der Waals surface area contributed by atoms with Gasteiger partial charge in [-0.3, -0.25) is 4.79 Å². The van der Waals surface area contributed by atoms with Gasteiger partial charge in [0, 0.05) is 12.5 Å². The molecule has 0 bridgehead atoms. The van der Waals surface area contributed by atoms with Crippen molar-refractivity contribution in [3.63, 3.8) is 0 Å². The van der Waals surface area contributed by atoms with Gasteiger partial charge in [0.1, 0.15) is 0 Å². The molecule has 1 atom stereocenters. The summed E-state index contributed by atoms with van der Waals surface area (Å²) in [5.74, 6) is 1.25. The number of hydrogen-bond donors (Lipinski definition) is 2. The monoisotopic (exact) mass is 184 g/mol. The predicted molar refractivity (Wildman–Crippen MR) is 53.2 cm³/mol. The van der Waals surface area contributed by atoms with E-state index in [4.69, 9.17) is 5.73 Å². The van der Waals surface area contributed by atoms with Gasteiger partial charge in [0.25, 0.3) is 0 Å². The Labute approximate surface area is 80.1 Å². The van der Waals surface area contributed by atoms with Gasteiger partial charge >= 0.3 is 0 Å². The molecule has 0 aromatic heterocycles. The molecule has 0 aliphatic heterocycles. The summed E-state index contributed by atoms with van der Waals surface area (Å²) in [6.07, 6.45) is 2.85. The van der Waals surface area contributed by atoms with Gasteiger partial charge in [-0.1, -0.05) is 13.8 Å². The number of carbonyl (C=O) groups is 1. The summed E-state index contributed by atoms with van der Waals surface area (Å²) < 4.78 is 0. The fourth-order valence-corrected chi connectivity index (χ4v) is 1.71. The second kappa shape index (κ2) is 4.61. The number of hydrogen-bond acceptors (Lipinski definition) is 2. The topological polar surface area (TPSA) is 55.1 Å². The Balaban J connectivity index is 2.11. The van der Waals surface area contributed by atoms with E-state index in [1.165, 1.54) is 0 Å². The van der Waals surface area contributed by atoms with Crippen molar-refractivity contribution in [2.75, 3.05) is 6.54 Å². The highest BCUT2D eigenvalue weighted by atomic mass is 16.1. The van der Waals surface area contributed by atoms with Crippen molar-refractivity contribution in [2.24, 2.45) is 17.6 Å². The zero-order valence-corrected chi connectivity index (χ0v) is 8.55. The van der Waals surface area contributed by atoms with Gasteiger partial charge in [-0.15, -0.1) is 0 Å². The molecule has 1 unspecified atom stereocenters. The molecular formula is C10H20N2O. The molecule has 0 aromatic rings. The molecule has 13 heavy (non-hydrogen) atoms. The third kappa shape index (κ3) is 3.35. The maximum atomic E-state index is 11.4. The van der Waals surface area contributed by atoms with E-state index in [9.17, 15) is 4.79 Å². The Kier molecular flexibility index (Phi) is 3.72. The molecule has 0 spiro atoms. The van der Waals surface area contributed by atoms with Crippen LogP contribution in [0.1, 0.15) is 33.1 Å². The van der Waals surface area contributed by atoms with E-state index < -0.39 is 0 Å². The predicted octanol–water partition coefficient (Wildman–Crippen LogP) is 0.886. The summed E-state index contributed by atoms with van der Waals surface area (Å²) in [6.45, 7) is 4.81. The molecule has 1 fully saturated rings. The molecule has 1 amide bonds.